The molecule has 0 saturated carbocycles. The van der Waals surface area contributed by atoms with Crippen molar-refractivity contribution < 1.29 is 23.9 Å². The quantitative estimate of drug-likeness (QED) is 0.352. The van der Waals surface area contributed by atoms with Crippen molar-refractivity contribution in [3.8, 4) is 0 Å². The first-order valence-electron chi connectivity index (χ1n) is 10.2. The summed E-state index contributed by atoms with van der Waals surface area (Å²) in [5, 5.41) is 5.59. The number of amides is 2. The van der Waals surface area contributed by atoms with E-state index in [1.165, 1.54) is 12.1 Å². The van der Waals surface area contributed by atoms with Crippen LogP contribution in [-0.4, -0.2) is 29.6 Å². The van der Waals surface area contributed by atoms with Crippen LogP contribution in [0.25, 0.3) is 0 Å². The summed E-state index contributed by atoms with van der Waals surface area (Å²) in [5.74, 6) is -1.13. The van der Waals surface area contributed by atoms with Gasteiger partial charge in [-0.2, -0.15) is 0 Å². The number of esters is 1. The zero-order chi connectivity index (χ0) is 24.6. The number of halogens is 2. The van der Waals surface area contributed by atoms with Crippen LogP contribution in [0.15, 0.2) is 42.5 Å². The van der Waals surface area contributed by atoms with Gasteiger partial charge in [0.05, 0.1) is 21.4 Å². The van der Waals surface area contributed by atoms with Gasteiger partial charge >= 0.3 is 12.1 Å². The van der Waals surface area contributed by atoms with Crippen molar-refractivity contribution in [3.05, 3.63) is 58.1 Å². The van der Waals surface area contributed by atoms with E-state index in [4.69, 9.17) is 38.4 Å². The van der Waals surface area contributed by atoms with Crippen LogP contribution in [0.3, 0.4) is 0 Å². The third-order valence-electron chi connectivity index (χ3n) is 4.23. The molecule has 0 aliphatic heterocycles. The number of benzene rings is 2. The number of hydrogen-bond donors (Lipinski definition) is 3. The predicted molar refractivity (Wildman–Crippen MR) is 128 cm³/mol. The summed E-state index contributed by atoms with van der Waals surface area (Å²) in [6.07, 6.45) is -0.932. The van der Waals surface area contributed by atoms with E-state index in [-0.39, 0.29) is 40.9 Å². The Bertz CT molecular complexity index is 994. The van der Waals surface area contributed by atoms with Crippen molar-refractivity contribution in [1.82, 2.24) is 5.32 Å². The third kappa shape index (κ3) is 9.19. The minimum atomic E-state index is -1.10. The molecule has 2 amide bonds. The van der Waals surface area contributed by atoms with Crippen LogP contribution in [0.1, 0.15) is 39.2 Å². The van der Waals surface area contributed by atoms with Gasteiger partial charge in [0.25, 0.3) is 0 Å². The Morgan fingerprint density at radius 3 is 2.33 bits per heavy atom. The highest BCUT2D eigenvalue weighted by Gasteiger charge is 2.26. The predicted octanol–water partition coefficient (Wildman–Crippen LogP) is 4.93. The van der Waals surface area contributed by atoms with Crippen molar-refractivity contribution in [2.24, 2.45) is 0 Å². The minimum absolute atomic E-state index is 0.0260. The molecular weight excluding hydrogens is 469 g/mol. The molecule has 0 fully saturated rings. The van der Waals surface area contributed by atoms with Crippen LogP contribution in [0.5, 0.6) is 0 Å². The molecule has 8 nitrogen and oxygen atoms in total. The normalized spacial score (nSPS) is 11.9. The summed E-state index contributed by atoms with van der Waals surface area (Å²) in [4.78, 5) is 37.3. The number of hydrogen-bond acceptors (Lipinski definition) is 6. The number of nitrogen functional groups attached to an aromatic ring is 1. The highest BCUT2D eigenvalue weighted by atomic mass is 35.5. The Labute approximate surface area is 202 Å². The van der Waals surface area contributed by atoms with E-state index < -0.39 is 29.6 Å². The standard InChI is InChI=1S/C23H27Cl2N3O5/c1-23(2,3)33-22(31)28-18(21(30)32-13-14-7-5-4-6-8-14)9-10-20(29)27-19-12-16(25)15(24)11-17(19)26/h4-8,11-12,18H,9-10,13,26H2,1-3H3,(H,27,29)(H,28,31)/t18-/m0/s1. The molecule has 4 N–H and O–H groups in total. The number of rotatable bonds is 8. The van der Waals surface area contributed by atoms with Crippen molar-refractivity contribution in [3.63, 3.8) is 0 Å². The van der Waals surface area contributed by atoms with E-state index in [0.717, 1.165) is 5.56 Å². The van der Waals surface area contributed by atoms with Gasteiger partial charge in [-0.25, -0.2) is 9.59 Å². The monoisotopic (exact) mass is 495 g/mol. The Morgan fingerprint density at radius 2 is 1.70 bits per heavy atom. The van der Waals surface area contributed by atoms with Gasteiger partial charge in [0.2, 0.25) is 5.91 Å². The van der Waals surface area contributed by atoms with Crippen LogP contribution in [0.4, 0.5) is 16.2 Å². The number of anilines is 2. The highest BCUT2D eigenvalue weighted by molar-refractivity contribution is 6.42. The van der Waals surface area contributed by atoms with Gasteiger partial charge in [-0.05, 0) is 44.9 Å². The van der Waals surface area contributed by atoms with Gasteiger partial charge in [0, 0.05) is 6.42 Å². The lowest BCUT2D eigenvalue weighted by Gasteiger charge is -2.23. The molecule has 2 aromatic carbocycles. The van der Waals surface area contributed by atoms with Crippen LogP contribution in [0.2, 0.25) is 10.0 Å². The Balaban J connectivity index is 2.02. The molecule has 0 aromatic heterocycles. The molecule has 33 heavy (non-hydrogen) atoms. The third-order valence-corrected chi connectivity index (χ3v) is 4.95. The lowest BCUT2D eigenvalue weighted by Crippen LogP contribution is -2.44. The topological polar surface area (TPSA) is 120 Å². The molecule has 0 bridgehead atoms. The fourth-order valence-corrected chi connectivity index (χ4v) is 3.02. The first kappa shape index (κ1) is 26.3. The molecule has 0 heterocycles. The van der Waals surface area contributed by atoms with Gasteiger partial charge < -0.3 is 25.8 Å². The molecule has 2 aromatic rings. The molecule has 0 aliphatic carbocycles. The number of ether oxygens (including phenoxy) is 2. The van der Waals surface area contributed by atoms with Crippen molar-refractivity contribution in [2.45, 2.75) is 51.9 Å². The second-order valence-corrected chi connectivity index (χ2v) is 9.05. The summed E-state index contributed by atoms with van der Waals surface area (Å²) in [7, 11) is 0. The molecule has 2 rings (SSSR count). The first-order valence-corrected chi connectivity index (χ1v) is 10.9. The lowest BCUT2D eigenvalue weighted by atomic mass is 10.1. The molecule has 0 saturated heterocycles. The maximum absolute atomic E-state index is 12.6. The van der Waals surface area contributed by atoms with Gasteiger partial charge in [0.15, 0.2) is 0 Å². The Morgan fingerprint density at radius 1 is 1.06 bits per heavy atom. The van der Waals surface area contributed by atoms with Crippen LogP contribution >= 0.6 is 23.2 Å². The maximum atomic E-state index is 12.6. The number of alkyl carbamates (subject to hydrolysis) is 1. The second kappa shape index (κ2) is 11.8. The van der Waals surface area contributed by atoms with Gasteiger partial charge in [0.1, 0.15) is 18.2 Å². The molecule has 0 unspecified atom stereocenters. The second-order valence-electron chi connectivity index (χ2n) is 8.23. The summed E-state index contributed by atoms with van der Waals surface area (Å²) in [5.41, 5.74) is 6.41. The van der Waals surface area contributed by atoms with Crippen LogP contribution < -0.4 is 16.4 Å². The molecular formula is C23H27Cl2N3O5. The smallest absolute Gasteiger partial charge is 0.408 e. The summed E-state index contributed by atoms with van der Waals surface area (Å²) < 4.78 is 10.5. The zero-order valence-corrected chi connectivity index (χ0v) is 20.1. The van der Waals surface area contributed by atoms with Crippen LogP contribution in [0, 0.1) is 0 Å². The van der Waals surface area contributed by atoms with Gasteiger partial charge in [-0.1, -0.05) is 53.5 Å². The molecule has 10 heteroatoms. The fourth-order valence-electron chi connectivity index (χ4n) is 2.69. The van der Waals surface area contributed by atoms with E-state index >= 15 is 0 Å². The number of carbonyl (C=O) groups is 3. The molecule has 0 aliphatic rings. The molecule has 178 valence electrons. The average Bonchev–Trinajstić information content (AvgIpc) is 2.72. The number of carbonyl (C=O) groups excluding carboxylic acids is 3. The fraction of sp³-hybridized carbons (Fsp3) is 0.348. The molecule has 0 radical (unpaired) electrons. The lowest BCUT2D eigenvalue weighted by molar-refractivity contribution is -0.147. The number of nitrogens with two attached hydrogens (primary N) is 1. The minimum Gasteiger partial charge on any atom is -0.459 e. The zero-order valence-electron chi connectivity index (χ0n) is 18.6. The van der Waals surface area contributed by atoms with Crippen LogP contribution in [-0.2, 0) is 25.7 Å². The highest BCUT2D eigenvalue weighted by Crippen LogP contribution is 2.30. The SMILES string of the molecule is CC(C)(C)OC(=O)N[C@@H](CCC(=O)Nc1cc(Cl)c(Cl)cc1N)C(=O)OCc1ccccc1. The van der Waals surface area contributed by atoms with Gasteiger partial charge in [-0.15, -0.1) is 0 Å². The largest absolute Gasteiger partial charge is 0.459 e. The van der Waals surface area contributed by atoms with E-state index in [1.807, 2.05) is 18.2 Å². The average molecular weight is 496 g/mol. The Hall–Kier alpha value is -2.97. The van der Waals surface area contributed by atoms with E-state index in [9.17, 15) is 14.4 Å². The number of nitrogens with one attached hydrogen (secondary N) is 2. The van der Waals surface area contributed by atoms with E-state index in [2.05, 4.69) is 10.6 Å². The van der Waals surface area contributed by atoms with E-state index in [0.29, 0.717) is 0 Å². The first-order chi connectivity index (χ1) is 15.4. The Kier molecular flexibility index (Phi) is 9.37. The van der Waals surface area contributed by atoms with Gasteiger partial charge in [-0.3, -0.25) is 4.79 Å². The van der Waals surface area contributed by atoms with Crippen molar-refractivity contribution in [1.29, 1.82) is 0 Å². The van der Waals surface area contributed by atoms with Crippen molar-refractivity contribution >= 4 is 52.5 Å². The van der Waals surface area contributed by atoms with E-state index in [1.54, 1.807) is 32.9 Å². The van der Waals surface area contributed by atoms with Crippen molar-refractivity contribution in [2.75, 3.05) is 11.1 Å². The molecule has 1 atom stereocenters. The summed E-state index contributed by atoms with van der Waals surface area (Å²) in [6, 6.07) is 10.8. The summed E-state index contributed by atoms with van der Waals surface area (Å²) >= 11 is 11.9. The molecule has 0 spiro atoms. The summed E-state index contributed by atoms with van der Waals surface area (Å²) in [6.45, 7) is 5.12. The maximum Gasteiger partial charge on any atom is 0.408 e.